The van der Waals surface area contributed by atoms with E-state index in [1.165, 1.54) is 23.1 Å². The number of hydrogen-bond donors (Lipinski definition) is 0. The zero-order valence-electron chi connectivity index (χ0n) is 13.3. The molecule has 24 heavy (non-hydrogen) atoms. The number of benzene rings is 2. The molecule has 0 radical (unpaired) electrons. The minimum absolute atomic E-state index is 0.109. The molecule has 1 amide bonds. The van der Waals surface area contributed by atoms with Crippen LogP contribution in [0.15, 0.2) is 42.5 Å². The molecule has 2 aromatic carbocycles. The van der Waals surface area contributed by atoms with Gasteiger partial charge in [0.05, 0.1) is 5.75 Å². The maximum atomic E-state index is 13.4. The van der Waals surface area contributed by atoms with Crippen LogP contribution in [-0.4, -0.2) is 27.1 Å². The predicted molar refractivity (Wildman–Crippen MR) is 88.7 cm³/mol. The molecule has 4 nitrogen and oxygen atoms in total. The topological polar surface area (TPSA) is 54.5 Å². The molecule has 0 bridgehead atoms. The van der Waals surface area contributed by atoms with E-state index in [1.807, 2.05) is 0 Å². The van der Waals surface area contributed by atoms with Crippen molar-refractivity contribution < 1.29 is 22.0 Å². The predicted octanol–water partition coefficient (Wildman–Crippen LogP) is 3.18. The Morgan fingerprint density at radius 2 is 1.67 bits per heavy atom. The van der Waals surface area contributed by atoms with Crippen molar-refractivity contribution in [2.75, 3.05) is 17.7 Å². The summed E-state index contributed by atoms with van der Waals surface area (Å²) in [6.07, 6.45) is 1.13. The first-order valence-corrected chi connectivity index (χ1v) is 9.31. The molecule has 0 atom stereocenters. The van der Waals surface area contributed by atoms with Gasteiger partial charge in [-0.1, -0.05) is 12.1 Å². The van der Waals surface area contributed by atoms with Crippen molar-refractivity contribution in [2.24, 2.45) is 0 Å². The van der Waals surface area contributed by atoms with Crippen LogP contribution in [0.3, 0.4) is 0 Å². The number of hydrogen-bond acceptors (Lipinski definition) is 3. The van der Waals surface area contributed by atoms with Gasteiger partial charge in [0.25, 0.3) is 5.91 Å². The first kappa shape index (κ1) is 18.1. The van der Waals surface area contributed by atoms with Gasteiger partial charge >= 0.3 is 0 Å². The molecule has 7 heteroatoms. The second-order valence-corrected chi connectivity index (χ2v) is 7.56. The molecule has 0 aliphatic carbocycles. The number of anilines is 1. The lowest BCUT2D eigenvalue weighted by atomic mass is 10.1. The normalized spacial score (nSPS) is 11.3. The zero-order chi connectivity index (χ0) is 17.9. The van der Waals surface area contributed by atoms with Crippen LogP contribution in [0, 0.1) is 11.6 Å². The minimum Gasteiger partial charge on any atom is -0.309 e. The number of nitrogens with zero attached hydrogens (tertiary/aromatic N) is 1. The van der Waals surface area contributed by atoms with Crippen molar-refractivity contribution >= 4 is 21.4 Å². The summed E-state index contributed by atoms with van der Waals surface area (Å²) in [4.78, 5) is 13.9. The Labute approximate surface area is 139 Å². The quantitative estimate of drug-likeness (QED) is 0.830. The highest BCUT2D eigenvalue weighted by molar-refractivity contribution is 7.89. The van der Waals surface area contributed by atoms with E-state index < -0.39 is 21.5 Å². The largest absolute Gasteiger partial charge is 0.309 e. The average Bonchev–Trinajstić information content (AvgIpc) is 2.50. The van der Waals surface area contributed by atoms with Crippen molar-refractivity contribution in [1.82, 2.24) is 0 Å². The molecular weight excluding hydrogens is 336 g/mol. The standard InChI is InChI=1S/C17H17F2NO3S/c1-3-20(14-8-9-15(18)16(19)10-14)17(21)13-6-4-12(5-7-13)11-24(2,22)23/h4-10H,3,11H2,1-2H3. The van der Waals surface area contributed by atoms with Crippen molar-refractivity contribution in [3.63, 3.8) is 0 Å². The third kappa shape index (κ3) is 4.38. The molecule has 0 N–H and O–H groups in total. The SMILES string of the molecule is CCN(C(=O)c1ccc(CS(C)(=O)=O)cc1)c1ccc(F)c(F)c1. The van der Waals surface area contributed by atoms with E-state index in [1.54, 1.807) is 19.1 Å². The third-order valence-corrected chi connectivity index (χ3v) is 4.26. The summed E-state index contributed by atoms with van der Waals surface area (Å²) in [6, 6.07) is 9.43. The van der Waals surface area contributed by atoms with Crippen LogP contribution in [0.1, 0.15) is 22.8 Å². The van der Waals surface area contributed by atoms with Crippen molar-refractivity contribution in [1.29, 1.82) is 0 Å². The summed E-state index contributed by atoms with van der Waals surface area (Å²) in [6.45, 7) is 1.99. The van der Waals surface area contributed by atoms with E-state index in [2.05, 4.69) is 0 Å². The second kappa shape index (κ2) is 7.09. The summed E-state index contributed by atoms with van der Waals surface area (Å²) in [5.74, 6) is -2.49. The second-order valence-electron chi connectivity index (χ2n) is 5.41. The summed E-state index contributed by atoms with van der Waals surface area (Å²) >= 11 is 0. The van der Waals surface area contributed by atoms with E-state index in [0.29, 0.717) is 11.1 Å². The number of amides is 1. The van der Waals surface area contributed by atoms with Gasteiger partial charge in [-0.3, -0.25) is 4.79 Å². The van der Waals surface area contributed by atoms with Crippen LogP contribution >= 0.6 is 0 Å². The first-order chi connectivity index (χ1) is 11.2. The molecule has 0 saturated heterocycles. The Bertz CT molecular complexity index is 849. The minimum atomic E-state index is -3.16. The van der Waals surface area contributed by atoms with Crippen LogP contribution in [-0.2, 0) is 15.6 Å². The fourth-order valence-corrected chi connectivity index (χ4v) is 3.10. The smallest absolute Gasteiger partial charge is 0.258 e. The highest BCUT2D eigenvalue weighted by Crippen LogP contribution is 2.20. The highest BCUT2D eigenvalue weighted by Gasteiger charge is 2.18. The van der Waals surface area contributed by atoms with Crippen molar-refractivity contribution in [3.05, 3.63) is 65.2 Å². The Kier molecular flexibility index (Phi) is 5.33. The van der Waals surface area contributed by atoms with Gasteiger partial charge in [-0.2, -0.15) is 0 Å². The van der Waals surface area contributed by atoms with E-state index in [4.69, 9.17) is 0 Å². The molecular formula is C17H17F2NO3S. The maximum absolute atomic E-state index is 13.4. The van der Waals surface area contributed by atoms with Crippen LogP contribution < -0.4 is 4.90 Å². The summed E-state index contributed by atoms with van der Waals surface area (Å²) in [5.41, 5.74) is 1.16. The third-order valence-electron chi connectivity index (χ3n) is 3.41. The Balaban J connectivity index is 2.26. The van der Waals surface area contributed by atoms with E-state index in [9.17, 15) is 22.0 Å². The lowest BCUT2D eigenvalue weighted by molar-refractivity contribution is 0.0988. The zero-order valence-corrected chi connectivity index (χ0v) is 14.1. The van der Waals surface area contributed by atoms with Crippen LogP contribution in [0.5, 0.6) is 0 Å². The van der Waals surface area contributed by atoms with Gasteiger partial charge < -0.3 is 4.90 Å². The fourth-order valence-electron chi connectivity index (χ4n) is 2.30. The molecule has 0 aliphatic heterocycles. The van der Waals surface area contributed by atoms with Crippen LogP contribution in [0.25, 0.3) is 0 Å². The van der Waals surface area contributed by atoms with Crippen LogP contribution in [0.4, 0.5) is 14.5 Å². The molecule has 0 fully saturated rings. The summed E-state index contributed by atoms with van der Waals surface area (Å²) < 4.78 is 49.0. The molecule has 0 aromatic heterocycles. The van der Waals surface area contributed by atoms with Crippen LogP contribution in [0.2, 0.25) is 0 Å². The number of halogens is 2. The Hall–Kier alpha value is -2.28. The van der Waals surface area contributed by atoms with Gasteiger partial charge in [0.15, 0.2) is 21.5 Å². The summed E-state index contributed by atoms with van der Waals surface area (Å²) in [5, 5.41) is 0. The van der Waals surface area contributed by atoms with Crippen molar-refractivity contribution in [3.8, 4) is 0 Å². The molecule has 2 aromatic rings. The Morgan fingerprint density at radius 3 is 2.17 bits per heavy atom. The summed E-state index contributed by atoms with van der Waals surface area (Å²) in [7, 11) is -3.16. The lowest BCUT2D eigenvalue weighted by Gasteiger charge is -2.21. The van der Waals surface area contributed by atoms with Gasteiger partial charge in [-0.05, 0) is 36.8 Å². The highest BCUT2D eigenvalue weighted by atomic mass is 32.2. The Morgan fingerprint density at radius 1 is 1.04 bits per heavy atom. The van der Waals surface area contributed by atoms with Gasteiger partial charge in [-0.25, -0.2) is 17.2 Å². The van der Waals surface area contributed by atoms with E-state index in [0.717, 1.165) is 18.4 Å². The molecule has 0 saturated carbocycles. The van der Waals surface area contributed by atoms with Crippen molar-refractivity contribution in [2.45, 2.75) is 12.7 Å². The van der Waals surface area contributed by atoms with Gasteiger partial charge in [0.1, 0.15) is 0 Å². The molecule has 0 spiro atoms. The molecule has 128 valence electrons. The first-order valence-electron chi connectivity index (χ1n) is 7.25. The molecule has 0 unspecified atom stereocenters. The number of rotatable bonds is 5. The van der Waals surface area contributed by atoms with E-state index >= 15 is 0 Å². The van der Waals surface area contributed by atoms with Gasteiger partial charge in [0.2, 0.25) is 0 Å². The average molecular weight is 353 g/mol. The maximum Gasteiger partial charge on any atom is 0.258 e. The number of sulfone groups is 1. The fraction of sp³-hybridized carbons (Fsp3) is 0.235. The molecule has 0 heterocycles. The molecule has 2 rings (SSSR count). The van der Waals surface area contributed by atoms with E-state index in [-0.39, 0.29) is 23.9 Å². The lowest BCUT2D eigenvalue weighted by Crippen LogP contribution is -2.30. The number of carbonyl (C=O) groups excluding carboxylic acids is 1. The number of carbonyl (C=O) groups is 1. The van der Waals surface area contributed by atoms with Gasteiger partial charge in [0, 0.05) is 30.1 Å². The van der Waals surface area contributed by atoms with Gasteiger partial charge in [-0.15, -0.1) is 0 Å². The monoisotopic (exact) mass is 353 g/mol. The molecule has 0 aliphatic rings.